The van der Waals surface area contributed by atoms with Crippen molar-refractivity contribution in [2.45, 2.75) is 13.0 Å². The van der Waals surface area contributed by atoms with Gasteiger partial charge < -0.3 is 10.6 Å². The van der Waals surface area contributed by atoms with Gasteiger partial charge in [-0.15, -0.1) is 0 Å². The molecule has 0 unspecified atom stereocenters. The molecule has 0 saturated heterocycles. The van der Waals surface area contributed by atoms with Crippen molar-refractivity contribution in [2.24, 2.45) is 0 Å². The van der Waals surface area contributed by atoms with Crippen LogP contribution < -0.4 is 10.6 Å². The summed E-state index contributed by atoms with van der Waals surface area (Å²) in [7, 11) is 0. The lowest BCUT2D eigenvalue weighted by atomic mass is 10.1. The first-order valence-corrected chi connectivity index (χ1v) is 8.22. The topological polar surface area (TPSA) is 66.9 Å². The Hall–Kier alpha value is -3.21. The number of rotatable bonds is 6. The van der Waals surface area contributed by atoms with Crippen molar-refractivity contribution in [3.8, 4) is 11.3 Å². The maximum atomic E-state index is 11.8. The van der Waals surface area contributed by atoms with Crippen molar-refractivity contribution in [1.82, 2.24) is 20.6 Å². The second-order valence-electron chi connectivity index (χ2n) is 5.64. The van der Waals surface area contributed by atoms with Gasteiger partial charge in [-0.3, -0.25) is 9.97 Å². The number of nitrogens with zero attached hydrogens (tertiary/aromatic N) is 2. The smallest absolute Gasteiger partial charge is 0.315 e. The average Bonchev–Trinajstić information content (AvgIpc) is 2.68. The molecule has 2 N–H and O–H groups in total. The average molecular weight is 332 g/mol. The SMILES string of the molecule is O=C(NCCc1ccccc1)NCc1ccc(-c2cccnc2)nc1. The number of urea groups is 1. The van der Waals surface area contributed by atoms with Crippen LogP contribution in [0.15, 0.2) is 73.2 Å². The summed E-state index contributed by atoms with van der Waals surface area (Å²) < 4.78 is 0. The third kappa shape index (κ3) is 5.14. The summed E-state index contributed by atoms with van der Waals surface area (Å²) in [6.07, 6.45) is 6.10. The second kappa shape index (κ2) is 8.59. The van der Waals surface area contributed by atoms with E-state index in [-0.39, 0.29) is 6.03 Å². The van der Waals surface area contributed by atoms with E-state index in [9.17, 15) is 4.79 Å². The third-order valence-corrected chi connectivity index (χ3v) is 3.78. The first-order chi connectivity index (χ1) is 12.3. The minimum Gasteiger partial charge on any atom is -0.338 e. The number of nitrogens with one attached hydrogen (secondary N) is 2. The van der Waals surface area contributed by atoms with Crippen LogP contribution in [0, 0.1) is 0 Å². The molecular formula is C20H20N4O. The Bertz CT molecular complexity index is 789. The fourth-order valence-electron chi connectivity index (χ4n) is 2.42. The molecule has 126 valence electrons. The monoisotopic (exact) mass is 332 g/mol. The Balaban J connectivity index is 1.43. The Morgan fingerprint density at radius 3 is 2.48 bits per heavy atom. The minimum atomic E-state index is -0.174. The lowest BCUT2D eigenvalue weighted by Crippen LogP contribution is -2.36. The van der Waals surface area contributed by atoms with Gasteiger partial charge in [0.1, 0.15) is 0 Å². The number of carbonyl (C=O) groups is 1. The number of aromatic nitrogens is 2. The van der Waals surface area contributed by atoms with Crippen LogP contribution in [-0.4, -0.2) is 22.5 Å². The van der Waals surface area contributed by atoms with Gasteiger partial charge in [0.15, 0.2) is 0 Å². The van der Waals surface area contributed by atoms with E-state index in [0.717, 1.165) is 23.2 Å². The maximum absolute atomic E-state index is 11.8. The highest BCUT2D eigenvalue weighted by Gasteiger charge is 2.02. The molecule has 0 spiro atoms. The van der Waals surface area contributed by atoms with E-state index >= 15 is 0 Å². The van der Waals surface area contributed by atoms with Crippen LogP contribution in [-0.2, 0) is 13.0 Å². The van der Waals surface area contributed by atoms with Crippen LogP contribution in [0.2, 0.25) is 0 Å². The molecule has 0 radical (unpaired) electrons. The molecule has 0 bridgehead atoms. The summed E-state index contributed by atoms with van der Waals surface area (Å²) in [5.74, 6) is 0. The summed E-state index contributed by atoms with van der Waals surface area (Å²) in [6, 6.07) is 17.6. The van der Waals surface area contributed by atoms with Gasteiger partial charge in [0.25, 0.3) is 0 Å². The van der Waals surface area contributed by atoms with Gasteiger partial charge in [-0.05, 0) is 35.7 Å². The molecular weight excluding hydrogens is 312 g/mol. The number of hydrogen-bond acceptors (Lipinski definition) is 3. The molecule has 2 amide bonds. The fraction of sp³-hybridized carbons (Fsp3) is 0.150. The molecule has 0 aliphatic rings. The Morgan fingerprint density at radius 1 is 0.880 bits per heavy atom. The Morgan fingerprint density at radius 2 is 1.76 bits per heavy atom. The molecule has 1 aromatic carbocycles. The molecule has 2 heterocycles. The predicted molar refractivity (Wildman–Crippen MR) is 97.9 cm³/mol. The van der Waals surface area contributed by atoms with Crippen molar-refractivity contribution in [3.05, 3.63) is 84.3 Å². The summed E-state index contributed by atoms with van der Waals surface area (Å²) in [6.45, 7) is 1.05. The molecule has 0 atom stereocenters. The first kappa shape index (κ1) is 16.6. The summed E-state index contributed by atoms with van der Waals surface area (Å²) in [4.78, 5) is 20.3. The van der Waals surface area contributed by atoms with E-state index in [0.29, 0.717) is 13.1 Å². The van der Waals surface area contributed by atoms with Gasteiger partial charge in [-0.2, -0.15) is 0 Å². The van der Waals surface area contributed by atoms with Crippen molar-refractivity contribution >= 4 is 6.03 Å². The molecule has 2 aromatic heterocycles. The van der Waals surface area contributed by atoms with E-state index in [1.54, 1.807) is 18.6 Å². The molecule has 0 aliphatic carbocycles. The molecule has 3 rings (SSSR count). The highest BCUT2D eigenvalue weighted by atomic mass is 16.2. The zero-order valence-corrected chi connectivity index (χ0v) is 13.9. The Kier molecular flexibility index (Phi) is 5.72. The molecule has 3 aromatic rings. The summed E-state index contributed by atoms with van der Waals surface area (Å²) in [5.41, 5.74) is 3.99. The lowest BCUT2D eigenvalue weighted by Gasteiger charge is -2.08. The van der Waals surface area contributed by atoms with Crippen molar-refractivity contribution < 1.29 is 4.79 Å². The zero-order chi connectivity index (χ0) is 17.3. The van der Waals surface area contributed by atoms with Gasteiger partial charge in [-0.1, -0.05) is 36.4 Å². The van der Waals surface area contributed by atoms with Crippen LogP contribution in [0.25, 0.3) is 11.3 Å². The summed E-state index contributed by atoms with van der Waals surface area (Å²) >= 11 is 0. The maximum Gasteiger partial charge on any atom is 0.315 e. The zero-order valence-electron chi connectivity index (χ0n) is 13.9. The first-order valence-electron chi connectivity index (χ1n) is 8.22. The fourth-order valence-corrected chi connectivity index (χ4v) is 2.42. The standard InChI is InChI=1S/C20H20N4O/c25-20(22-12-10-16-5-2-1-3-6-16)24-14-17-8-9-19(23-13-17)18-7-4-11-21-15-18/h1-9,11,13,15H,10,12,14H2,(H2,22,24,25). The number of amides is 2. The quantitative estimate of drug-likeness (QED) is 0.728. The molecule has 0 aliphatic heterocycles. The summed E-state index contributed by atoms with van der Waals surface area (Å²) in [5, 5.41) is 5.70. The minimum absolute atomic E-state index is 0.174. The van der Waals surface area contributed by atoms with Crippen molar-refractivity contribution in [3.63, 3.8) is 0 Å². The highest BCUT2D eigenvalue weighted by molar-refractivity contribution is 5.73. The van der Waals surface area contributed by atoms with E-state index in [4.69, 9.17) is 0 Å². The van der Waals surface area contributed by atoms with Crippen LogP contribution >= 0.6 is 0 Å². The van der Waals surface area contributed by atoms with E-state index in [1.165, 1.54) is 5.56 Å². The highest BCUT2D eigenvalue weighted by Crippen LogP contribution is 2.14. The van der Waals surface area contributed by atoms with Crippen LogP contribution in [0.5, 0.6) is 0 Å². The predicted octanol–water partition coefficient (Wildman–Crippen LogP) is 3.19. The van der Waals surface area contributed by atoms with E-state index < -0.39 is 0 Å². The molecule has 0 fully saturated rings. The van der Waals surface area contributed by atoms with E-state index in [1.807, 2.05) is 42.5 Å². The molecule has 5 nitrogen and oxygen atoms in total. The van der Waals surface area contributed by atoms with Gasteiger partial charge in [0.05, 0.1) is 5.69 Å². The normalized spacial score (nSPS) is 10.2. The number of carbonyl (C=O) groups excluding carboxylic acids is 1. The van der Waals surface area contributed by atoms with E-state index in [2.05, 4.69) is 32.7 Å². The number of benzene rings is 1. The van der Waals surface area contributed by atoms with Gasteiger partial charge in [0, 0.05) is 37.2 Å². The van der Waals surface area contributed by atoms with Crippen LogP contribution in [0.3, 0.4) is 0 Å². The van der Waals surface area contributed by atoms with Gasteiger partial charge >= 0.3 is 6.03 Å². The Labute approximate surface area is 147 Å². The van der Waals surface area contributed by atoms with Crippen LogP contribution in [0.4, 0.5) is 4.79 Å². The molecule has 25 heavy (non-hydrogen) atoms. The molecule has 0 saturated carbocycles. The van der Waals surface area contributed by atoms with Gasteiger partial charge in [0.2, 0.25) is 0 Å². The second-order valence-corrected chi connectivity index (χ2v) is 5.64. The third-order valence-electron chi connectivity index (χ3n) is 3.78. The van der Waals surface area contributed by atoms with Crippen LogP contribution in [0.1, 0.15) is 11.1 Å². The van der Waals surface area contributed by atoms with Gasteiger partial charge in [-0.25, -0.2) is 4.79 Å². The lowest BCUT2D eigenvalue weighted by molar-refractivity contribution is 0.240. The molecule has 5 heteroatoms. The number of pyridine rings is 2. The largest absolute Gasteiger partial charge is 0.338 e. The number of hydrogen-bond donors (Lipinski definition) is 2. The van der Waals surface area contributed by atoms with Crippen molar-refractivity contribution in [2.75, 3.05) is 6.54 Å². The van der Waals surface area contributed by atoms with Crippen molar-refractivity contribution in [1.29, 1.82) is 0 Å².